The second kappa shape index (κ2) is 5.53. The van der Waals surface area contributed by atoms with E-state index >= 15 is 0 Å². The fourth-order valence-electron chi connectivity index (χ4n) is 2.59. The van der Waals surface area contributed by atoms with Crippen LogP contribution in [0, 0.1) is 12.8 Å². The van der Waals surface area contributed by atoms with Crippen molar-refractivity contribution in [1.82, 2.24) is 5.32 Å². The summed E-state index contributed by atoms with van der Waals surface area (Å²) in [6, 6.07) is 4.45. The highest BCUT2D eigenvalue weighted by molar-refractivity contribution is 5.08. The Bertz CT molecular complexity index is 312. The Morgan fingerprint density at radius 3 is 2.75 bits per heavy atom. The molecule has 90 valence electrons. The first-order valence-corrected chi connectivity index (χ1v) is 6.55. The van der Waals surface area contributed by atoms with Crippen molar-refractivity contribution < 1.29 is 4.42 Å². The number of aryl methyl sites for hydroxylation is 1. The molecule has 1 saturated carbocycles. The van der Waals surface area contributed by atoms with E-state index in [2.05, 4.69) is 18.3 Å². The molecule has 1 N–H and O–H groups in total. The van der Waals surface area contributed by atoms with Crippen molar-refractivity contribution in [3.63, 3.8) is 0 Å². The van der Waals surface area contributed by atoms with Gasteiger partial charge in [0.15, 0.2) is 0 Å². The maximum Gasteiger partial charge on any atom is 0.120 e. The third-order valence-electron chi connectivity index (χ3n) is 3.67. The third-order valence-corrected chi connectivity index (χ3v) is 3.67. The summed E-state index contributed by atoms with van der Waals surface area (Å²) < 4.78 is 5.61. The van der Waals surface area contributed by atoms with E-state index < -0.39 is 0 Å². The van der Waals surface area contributed by atoms with Crippen LogP contribution in [-0.2, 0) is 0 Å². The molecule has 0 aromatic carbocycles. The van der Waals surface area contributed by atoms with Crippen LogP contribution >= 0.6 is 0 Å². The molecule has 0 amide bonds. The van der Waals surface area contributed by atoms with Gasteiger partial charge < -0.3 is 9.73 Å². The fraction of sp³-hybridized carbons (Fsp3) is 0.714. The second-order valence-electron chi connectivity index (χ2n) is 5.06. The average molecular weight is 221 g/mol. The molecule has 1 aromatic heterocycles. The molecule has 2 heteroatoms. The lowest BCUT2D eigenvalue weighted by atomic mass is 10.0. The van der Waals surface area contributed by atoms with E-state index in [4.69, 9.17) is 4.42 Å². The zero-order valence-electron chi connectivity index (χ0n) is 10.5. The lowest BCUT2D eigenvalue weighted by Gasteiger charge is -2.13. The lowest BCUT2D eigenvalue weighted by molar-refractivity contribution is 0.396. The van der Waals surface area contributed by atoms with Crippen molar-refractivity contribution in [3.05, 3.63) is 23.7 Å². The van der Waals surface area contributed by atoms with E-state index in [9.17, 15) is 0 Å². The monoisotopic (exact) mass is 221 g/mol. The van der Waals surface area contributed by atoms with Gasteiger partial charge in [-0.25, -0.2) is 0 Å². The fourth-order valence-corrected chi connectivity index (χ4v) is 2.59. The molecule has 1 unspecified atom stereocenters. The van der Waals surface area contributed by atoms with Crippen molar-refractivity contribution >= 4 is 0 Å². The van der Waals surface area contributed by atoms with E-state index in [0.717, 1.165) is 24.0 Å². The number of furan rings is 1. The molecule has 1 aliphatic carbocycles. The molecule has 0 bridgehead atoms. The molecule has 0 spiro atoms. The van der Waals surface area contributed by atoms with Gasteiger partial charge in [0.25, 0.3) is 0 Å². The van der Waals surface area contributed by atoms with E-state index in [1.807, 2.05) is 13.0 Å². The maximum atomic E-state index is 5.61. The number of nitrogens with one attached hydrogen (secondary N) is 1. The number of rotatable bonds is 5. The van der Waals surface area contributed by atoms with Gasteiger partial charge in [0.1, 0.15) is 11.5 Å². The van der Waals surface area contributed by atoms with E-state index in [0.29, 0.717) is 6.04 Å². The molecule has 1 atom stereocenters. The van der Waals surface area contributed by atoms with Gasteiger partial charge in [-0.05, 0) is 44.9 Å². The molecular formula is C14H23NO. The summed E-state index contributed by atoms with van der Waals surface area (Å²) in [6.45, 7) is 5.28. The average Bonchev–Trinajstić information content (AvgIpc) is 2.89. The zero-order chi connectivity index (χ0) is 11.4. The Labute approximate surface area is 98.4 Å². The van der Waals surface area contributed by atoms with Crippen LogP contribution in [0.3, 0.4) is 0 Å². The summed E-state index contributed by atoms with van der Waals surface area (Å²) in [5.74, 6) is 3.03. The van der Waals surface area contributed by atoms with Crippen LogP contribution in [0.2, 0.25) is 0 Å². The molecule has 2 nitrogen and oxygen atoms in total. The van der Waals surface area contributed by atoms with Gasteiger partial charge in [0.2, 0.25) is 0 Å². The van der Waals surface area contributed by atoms with Gasteiger partial charge in [-0.1, -0.05) is 25.7 Å². The van der Waals surface area contributed by atoms with Gasteiger partial charge in [0, 0.05) is 0 Å². The van der Waals surface area contributed by atoms with Crippen molar-refractivity contribution in [1.29, 1.82) is 0 Å². The number of hydrogen-bond acceptors (Lipinski definition) is 2. The summed E-state index contributed by atoms with van der Waals surface area (Å²) in [7, 11) is 0. The topological polar surface area (TPSA) is 25.2 Å². The van der Waals surface area contributed by atoms with Crippen LogP contribution in [0.15, 0.2) is 16.5 Å². The Morgan fingerprint density at radius 1 is 1.38 bits per heavy atom. The highest BCUT2D eigenvalue weighted by Crippen LogP contribution is 2.27. The van der Waals surface area contributed by atoms with Crippen LogP contribution in [0.1, 0.15) is 56.6 Å². The van der Waals surface area contributed by atoms with Crippen LogP contribution in [0.25, 0.3) is 0 Å². The predicted molar refractivity (Wildman–Crippen MR) is 66.4 cm³/mol. The van der Waals surface area contributed by atoms with Gasteiger partial charge in [-0.3, -0.25) is 0 Å². The van der Waals surface area contributed by atoms with E-state index in [-0.39, 0.29) is 0 Å². The Kier molecular flexibility index (Phi) is 4.05. The first kappa shape index (κ1) is 11.7. The van der Waals surface area contributed by atoms with Gasteiger partial charge in [0.05, 0.1) is 6.04 Å². The van der Waals surface area contributed by atoms with Crippen molar-refractivity contribution in [2.45, 2.75) is 52.0 Å². The number of hydrogen-bond donors (Lipinski definition) is 1. The molecule has 16 heavy (non-hydrogen) atoms. The third kappa shape index (κ3) is 3.11. The Hall–Kier alpha value is -0.760. The molecule has 0 aliphatic heterocycles. The van der Waals surface area contributed by atoms with Crippen molar-refractivity contribution in [2.24, 2.45) is 5.92 Å². The maximum absolute atomic E-state index is 5.61. The summed E-state index contributed by atoms with van der Waals surface area (Å²) in [5, 5.41) is 3.55. The van der Waals surface area contributed by atoms with Crippen LogP contribution < -0.4 is 5.32 Å². The van der Waals surface area contributed by atoms with Gasteiger partial charge >= 0.3 is 0 Å². The lowest BCUT2D eigenvalue weighted by Crippen LogP contribution is -2.21. The molecule has 0 saturated heterocycles. The SMILES string of the molecule is Cc1ccc(C(C)NCCC2CCCC2)o1. The molecule has 1 aromatic rings. The minimum Gasteiger partial charge on any atom is -0.465 e. The van der Waals surface area contributed by atoms with Crippen molar-refractivity contribution in [2.75, 3.05) is 6.54 Å². The first-order valence-electron chi connectivity index (χ1n) is 6.55. The molecular weight excluding hydrogens is 198 g/mol. The van der Waals surface area contributed by atoms with E-state index in [1.54, 1.807) is 0 Å². The standard InChI is InChI=1S/C14H23NO/c1-11-7-8-14(16-11)12(2)15-10-9-13-5-3-4-6-13/h7-8,12-13,15H,3-6,9-10H2,1-2H3. The predicted octanol–water partition coefficient (Wildman–Crippen LogP) is 3.82. The van der Waals surface area contributed by atoms with Crippen LogP contribution in [0.4, 0.5) is 0 Å². The highest BCUT2D eigenvalue weighted by Gasteiger charge is 2.15. The zero-order valence-corrected chi connectivity index (χ0v) is 10.5. The van der Waals surface area contributed by atoms with Crippen LogP contribution in [0.5, 0.6) is 0 Å². The normalized spacial score (nSPS) is 19.1. The smallest absolute Gasteiger partial charge is 0.120 e. The quantitative estimate of drug-likeness (QED) is 0.817. The molecule has 2 rings (SSSR count). The minimum absolute atomic E-state index is 0.343. The summed E-state index contributed by atoms with van der Waals surface area (Å²) in [4.78, 5) is 0. The van der Waals surface area contributed by atoms with Crippen molar-refractivity contribution in [3.8, 4) is 0 Å². The van der Waals surface area contributed by atoms with Crippen LogP contribution in [-0.4, -0.2) is 6.54 Å². The molecule has 1 fully saturated rings. The van der Waals surface area contributed by atoms with Gasteiger partial charge in [-0.15, -0.1) is 0 Å². The minimum atomic E-state index is 0.343. The second-order valence-corrected chi connectivity index (χ2v) is 5.06. The summed E-state index contributed by atoms with van der Waals surface area (Å²) in [5.41, 5.74) is 0. The molecule has 0 radical (unpaired) electrons. The Morgan fingerprint density at radius 2 is 2.12 bits per heavy atom. The first-order chi connectivity index (χ1) is 7.75. The molecule has 1 heterocycles. The van der Waals surface area contributed by atoms with E-state index in [1.165, 1.54) is 32.1 Å². The summed E-state index contributed by atoms with van der Waals surface area (Å²) in [6.07, 6.45) is 7.09. The van der Waals surface area contributed by atoms with Gasteiger partial charge in [-0.2, -0.15) is 0 Å². The Balaban J connectivity index is 1.69. The largest absolute Gasteiger partial charge is 0.465 e. The highest BCUT2D eigenvalue weighted by atomic mass is 16.3. The molecule has 1 aliphatic rings. The summed E-state index contributed by atoms with van der Waals surface area (Å²) >= 11 is 0.